The number of benzene rings is 1. The maximum absolute atomic E-state index is 13.2. The lowest BCUT2D eigenvalue weighted by Gasteiger charge is -2.27. The molecule has 1 aromatic heterocycles. The van der Waals surface area contributed by atoms with Crippen molar-refractivity contribution in [3.05, 3.63) is 35.5 Å². The molecule has 4 rings (SSSR count). The first kappa shape index (κ1) is 26.7. The number of nitrogens with zero attached hydrogens (tertiary/aromatic N) is 1. The molecule has 1 saturated heterocycles. The van der Waals surface area contributed by atoms with Crippen molar-refractivity contribution in [3.63, 3.8) is 0 Å². The maximum atomic E-state index is 13.2. The number of H-pyrrole nitrogens is 1. The lowest BCUT2D eigenvalue weighted by molar-refractivity contribution is -0.125. The molecule has 198 valence electrons. The smallest absolute Gasteiger partial charge is 0.268 e. The molecule has 1 saturated carbocycles. The lowest BCUT2D eigenvalue weighted by atomic mass is 9.84. The van der Waals surface area contributed by atoms with E-state index < -0.39 is 18.0 Å². The predicted molar refractivity (Wildman–Crippen MR) is 143 cm³/mol. The Balaban J connectivity index is 1.46. The Kier molecular flexibility index (Phi) is 8.21. The van der Waals surface area contributed by atoms with Gasteiger partial charge in [-0.1, -0.05) is 46.1 Å². The Morgan fingerprint density at radius 2 is 1.86 bits per heavy atom. The second-order valence-electron chi connectivity index (χ2n) is 11.9. The van der Waals surface area contributed by atoms with E-state index in [1.54, 1.807) is 0 Å². The fourth-order valence-electron chi connectivity index (χ4n) is 5.59. The highest BCUT2D eigenvalue weighted by Gasteiger charge is 2.32. The Bertz CT molecular complexity index is 1180. The van der Waals surface area contributed by atoms with E-state index in [0.717, 1.165) is 10.9 Å². The van der Waals surface area contributed by atoms with E-state index in [0.29, 0.717) is 31.0 Å². The Morgan fingerprint density at radius 3 is 2.51 bits per heavy atom. The van der Waals surface area contributed by atoms with E-state index in [1.807, 2.05) is 32.9 Å². The molecule has 2 fully saturated rings. The van der Waals surface area contributed by atoms with Crippen LogP contribution in [0.15, 0.2) is 24.3 Å². The van der Waals surface area contributed by atoms with Crippen LogP contribution in [0.3, 0.4) is 0 Å². The second-order valence-corrected chi connectivity index (χ2v) is 11.9. The molecule has 8 heteroatoms. The molecule has 2 aliphatic rings. The fourth-order valence-corrected chi connectivity index (χ4v) is 5.59. The summed E-state index contributed by atoms with van der Waals surface area (Å²) in [6.45, 7) is 6.59. The molecule has 1 aliphatic carbocycles. The number of amides is 3. The summed E-state index contributed by atoms with van der Waals surface area (Å²) in [6.07, 6.45) is 7.57. The van der Waals surface area contributed by atoms with Crippen molar-refractivity contribution in [3.8, 4) is 6.07 Å². The molecular weight excluding hydrogens is 466 g/mol. The predicted octanol–water partition coefficient (Wildman–Crippen LogP) is 4.28. The highest BCUT2D eigenvalue weighted by Crippen LogP contribution is 2.34. The van der Waals surface area contributed by atoms with Gasteiger partial charge < -0.3 is 20.9 Å². The highest BCUT2D eigenvalue weighted by molar-refractivity contribution is 6.00. The van der Waals surface area contributed by atoms with E-state index in [4.69, 9.17) is 0 Å². The molecule has 2 heterocycles. The summed E-state index contributed by atoms with van der Waals surface area (Å²) in [5.74, 6) is -0.564. The quantitative estimate of drug-likeness (QED) is 0.427. The second kappa shape index (κ2) is 11.4. The molecule has 0 bridgehead atoms. The zero-order valence-corrected chi connectivity index (χ0v) is 22.2. The number of hydrogen-bond acceptors (Lipinski definition) is 4. The van der Waals surface area contributed by atoms with Gasteiger partial charge in [0.25, 0.3) is 5.91 Å². The minimum atomic E-state index is -0.815. The topological polar surface area (TPSA) is 127 Å². The van der Waals surface area contributed by atoms with E-state index in [-0.39, 0.29) is 29.6 Å². The number of fused-ring (bicyclic) bond motifs is 1. The SMILES string of the molecule is CC(C)(C)C[C@H](NC(=O)c1cc2cc(C3CCCCC3)ccc2[nH]1)C(=O)N[C@H](C#N)C[C@@H]1CCNC1=O. The van der Waals surface area contributed by atoms with E-state index >= 15 is 0 Å². The Labute approximate surface area is 219 Å². The van der Waals surface area contributed by atoms with Gasteiger partial charge in [0.1, 0.15) is 17.8 Å². The molecule has 0 radical (unpaired) electrons. The van der Waals surface area contributed by atoms with E-state index in [9.17, 15) is 19.6 Å². The molecule has 1 aromatic carbocycles. The van der Waals surface area contributed by atoms with Crippen LogP contribution in [-0.4, -0.2) is 41.3 Å². The molecular formula is C29H39N5O3. The van der Waals surface area contributed by atoms with Crippen molar-refractivity contribution in [1.82, 2.24) is 20.9 Å². The summed E-state index contributed by atoms with van der Waals surface area (Å²) in [5, 5.41) is 19.0. The molecule has 4 N–H and O–H groups in total. The first-order valence-electron chi connectivity index (χ1n) is 13.5. The zero-order valence-electron chi connectivity index (χ0n) is 22.2. The molecule has 3 amide bonds. The average molecular weight is 506 g/mol. The number of nitriles is 1. The fraction of sp³-hybridized carbons (Fsp3) is 0.586. The number of carbonyl (C=O) groups is 3. The van der Waals surface area contributed by atoms with Gasteiger partial charge in [-0.2, -0.15) is 5.26 Å². The van der Waals surface area contributed by atoms with Crippen LogP contribution in [0.4, 0.5) is 0 Å². The van der Waals surface area contributed by atoms with Crippen LogP contribution in [0.5, 0.6) is 0 Å². The third-order valence-corrected chi connectivity index (χ3v) is 7.56. The van der Waals surface area contributed by atoms with Crippen LogP contribution in [-0.2, 0) is 9.59 Å². The number of rotatable bonds is 8. The van der Waals surface area contributed by atoms with Crippen LogP contribution in [0, 0.1) is 22.7 Å². The monoisotopic (exact) mass is 505 g/mol. The standard InChI is InChI=1S/C29H39N5O3/c1-29(2,3)16-25(28(37)32-22(17-30)14-20-11-12-31-26(20)35)34-27(36)24-15-21-13-19(9-10-23(21)33-24)18-7-5-4-6-8-18/h9-10,13,15,18,20,22,25,33H,4-8,11-12,14,16H2,1-3H3,(H,31,35)(H,32,37)(H,34,36)/t20-,22-,25-/m0/s1. The number of carbonyl (C=O) groups excluding carboxylic acids is 3. The summed E-state index contributed by atoms with van der Waals surface area (Å²) >= 11 is 0. The maximum Gasteiger partial charge on any atom is 0.268 e. The number of nitrogens with one attached hydrogen (secondary N) is 4. The van der Waals surface area contributed by atoms with Gasteiger partial charge in [-0.15, -0.1) is 0 Å². The minimum absolute atomic E-state index is 0.0838. The van der Waals surface area contributed by atoms with Gasteiger partial charge in [0.2, 0.25) is 11.8 Å². The minimum Gasteiger partial charge on any atom is -0.356 e. The summed E-state index contributed by atoms with van der Waals surface area (Å²) in [6, 6.07) is 8.70. The number of aromatic nitrogens is 1. The first-order chi connectivity index (χ1) is 17.6. The van der Waals surface area contributed by atoms with Crippen molar-refractivity contribution in [1.29, 1.82) is 5.26 Å². The van der Waals surface area contributed by atoms with E-state index in [2.05, 4.69) is 39.1 Å². The molecule has 0 unspecified atom stereocenters. The number of aromatic amines is 1. The van der Waals surface area contributed by atoms with Gasteiger partial charge in [0.05, 0.1) is 6.07 Å². The Morgan fingerprint density at radius 1 is 1.11 bits per heavy atom. The molecule has 8 nitrogen and oxygen atoms in total. The van der Waals surface area contributed by atoms with Crippen LogP contribution in [0.2, 0.25) is 0 Å². The number of hydrogen-bond donors (Lipinski definition) is 4. The average Bonchev–Trinajstić information content (AvgIpc) is 3.48. The van der Waals surface area contributed by atoms with Gasteiger partial charge in [-0.05, 0) is 67.2 Å². The molecule has 1 aliphatic heterocycles. The van der Waals surface area contributed by atoms with Crippen molar-refractivity contribution < 1.29 is 14.4 Å². The van der Waals surface area contributed by atoms with Gasteiger partial charge in [0, 0.05) is 23.4 Å². The van der Waals surface area contributed by atoms with Crippen LogP contribution < -0.4 is 16.0 Å². The molecule has 3 atom stereocenters. The van der Waals surface area contributed by atoms with Crippen LogP contribution in [0.25, 0.3) is 10.9 Å². The third kappa shape index (κ3) is 6.91. The molecule has 0 spiro atoms. The van der Waals surface area contributed by atoms with Crippen LogP contribution in [0.1, 0.15) is 94.1 Å². The van der Waals surface area contributed by atoms with Gasteiger partial charge in [-0.25, -0.2) is 0 Å². The molecule has 37 heavy (non-hydrogen) atoms. The van der Waals surface area contributed by atoms with Crippen molar-refractivity contribution in [2.24, 2.45) is 11.3 Å². The summed E-state index contributed by atoms with van der Waals surface area (Å²) in [5.41, 5.74) is 2.38. The largest absolute Gasteiger partial charge is 0.356 e. The van der Waals surface area contributed by atoms with Gasteiger partial charge in [-0.3, -0.25) is 14.4 Å². The van der Waals surface area contributed by atoms with Crippen molar-refractivity contribution in [2.75, 3.05) is 6.54 Å². The van der Waals surface area contributed by atoms with Crippen molar-refractivity contribution in [2.45, 2.75) is 90.1 Å². The van der Waals surface area contributed by atoms with Crippen molar-refractivity contribution >= 4 is 28.6 Å². The lowest BCUT2D eigenvalue weighted by Crippen LogP contribution is -2.51. The summed E-state index contributed by atoms with van der Waals surface area (Å²) in [7, 11) is 0. The summed E-state index contributed by atoms with van der Waals surface area (Å²) in [4.78, 5) is 41.6. The summed E-state index contributed by atoms with van der Waals surface area (Å²) < 4.78 is 0. The normalized spacial score (nSPS) is 20.2. The Hall–Kier alpha value is -3.34. The molecule has 2 aromatic rings. The highest BCUT2D eigenvalue weighted by atomic mass is 16.2. The van der Waals surface area contributed by atoms with Crippen LogP contribution >= 0.6 is 0 Å². The first-order valence-corrected chi connectivity index (χ1v) is 13.5. The third-order valence-electron chi connectivity index (χ3n) is 7.56. The van der Waals surface area contributed by atoms with E-state index in [1.165, 1.54) is 37.7 Å². The van der Waals surface area contributed by atoms with Gasteiger partial charge >= 0.3 is 0 Å². The van der Waals surface area contributed by atoms with Gasteiger partial charge in [0.15, 0.2) is 0 Å². The zero-order chi connectivity index (χ0) is 26.6.